The monoisotopic (exact) mass is 392 g/mol. The second-order valence-corrected chi connectivity index (χ2v) is 6.21. The Morgan fingerprint density at radius 3 is 2.91 bits per heavy atom. The lowest BCUT2D eigenvalue weighted by atomic mass is 10.2. The first-order chi connectivity index (χ1) is 11.2. The van der Waals surface area contributed by atoms with Gasteiger partial charge in [0.25, 0.3) is 0 Å². The average molecular weight is 394 g/mol. The van der Waals surface area contributed by atoms with Gasteiger partial charge in [0.05, 0.1) is 0 Å². The van der Waals surface area contributed by atoms with Crippen LogP contribution in [0.5, 0.6) is 5.75 Å². The highest BCUT2D eigenvalue weighted by atomic mass is 79.9. The van der Waals surface area contributed by atoms with Crippen molar-refractivity contribution in [3.8, 4) is 5.75 Å². The van der Waals surface area contributed by atoms with Gasteiger partial charge < -0.3 is 10.1 Å². The van der Waals surface area contributed by atoms with Gasteiger partial charge in [-0.05, 0) is 35.9 Å². The maximum atomic E-state index is 6.00. The lowest BCUT2D eigenvalue weighted by Crippen LogP contribution is -2.05. The Bertz CT molecular complexity index is 780. The number of ether oxygens (including phenoxy) is 1. The topological polar surface area (TPSA) is 62.8 Å². The summed E-state index contributed by atoms with van der Waals surface area (Å²) in [5.74, 6) is 1.42. The minimum atomic E-state index is 0.456. The maximum absolute atomic E-state index is 6.00. The van der Waals surface area contributed by atoms with Crippen LogP contribution in [-0.4, -0.2) is 15.2 Å². The summed E-state index contributed by atoms with van der Waals surface area (Å²) in [4.78, 5) is 4.04. The molecule has 2 aromatic carbocycles. The molecule has 3 rings (SSSR count). The zero-order chi connectivity index (χ0) is 16.1. The van der Waals surface area contributed by atoms with Crippen LogP contribution in [0.3, 0.4) is 0 Å². The van der Waals surface area contributed by atoms with Crippen LogP contribution in [0.1, 0.15) is 11.1 Å². The number of hydrogen-bond donors (Lipinski definition) is 2. The number of benzene rings is 2. The van der Waals surface area contributed by atoms with Gasteiger partial charge in [0.15, 0.2) is 0 Å². The van der Waals surface area contributed by atoms with Gasteiger partial charge in [-0.2, -0.15) is 5.10 Å². The molecule has 0 atom stereocenters. The van der Waals surface area contributed by atoms with Gasteiger partial charge >= 0.3 is 0 Å². The molecule has 5 nitrogen and oxygen atoms in total. The maximum Gasteiger partial charge on any atom is 0.218 e. The van der Waals surface area contributed by atoms with Crippen LogP contribution in [0.2, 0.25) is 5.02 Å². The molecule has 23 heavy (non-hydrogen) atoms. The molecular weight excluding hydrogens is 380 g/mol. The van der Waals surface area contributed by atoms with Gasteiger partial charge in [-0.15, -0.1) is 0 Å². The first-order valence-electron chi connectivity index (χ1n) is 6.95. The average Bonchev–Trinajstić information content (AvgIpc) is 3.05. The fraction of sp³-hybridized carbons (Fsp3) is 0.125. The molecule has 0 aliphatic heterocycles. The molecule has 0 saturated carbocycles. The van der Waals surface area contributed by atoms with Crippen LogP contribution in [0.4, 0.5) is 5.95 Å². The molecule has 0 aliphatic carbocycles. The zero-order valence-electron chi connectivity index (χ0n) is 12.1. The summed E-state index contributed by atoms with van der Waals surface area (Å²) in [6.45, 7) is 1.02. The van der Waals surface area contributed by atoms with Crippen molar-refractivity contribution in [3.05, 3.63) is 69.4 Å². The van der Waals surface area contributed by atoms with Crippen molar-refractivity contribution in [1.29, 1.82) is 0 Å². The van der Waals surface area contributed by atoms with Crippen LogP contribution >= 0.6 is 27.5 Å². The predicted molar refractivity (Wildman–Crippen MR) is 93.6 cm³/mol. The molecule has 1 heterocycles. The van der Waals surface area contributed by atoms with E-state index < -0.39 is 0 Å². The Labute approximate surface area is 147 Å². The third-order valence-electron chi connectivity index (χ3n) is 3.17. The largest absolute Gasteiger partial charge is 0.489 e. The van der Waals surface area contributed by atoms with Crippen LogP contribution in [0.25, 0.3) is 0 Å². The first-order valence-corrected chi connectivity index (χ1v) is 8.13. The van der Waals surface area contributed by atoms with E-state index >= 15 is 0 Å². The minimum Gasteiger partial charge on any atom is -0.489 e. The van der Waals surface area contributed by atoms with Gasteiger partial charge in [-0.3, -0.25) is 0 Å². The molecule has 0 fully saturated rings. The highest BCUT2D eigenvalue weighted by Crippen LogP contribution is 2.25. The van der Waals surface area contributed by atoms with E-state index in [1.54, 1.807) is 0 Å². The van der Waals surface area contributed by atoms with Gasteiger partial charge in [0.1, 0.15) is 18.7 Å². The van der Waals surface area contributed by atoms with Crippen LogP contribution in [0, 0.1) is 0 Å². The first kappa shape index (κ1) is 15.8. The van der Waals surface area contributed by atoms with Crippen molar-refractivity contribution in [2.24, 2.45) is 0 Å². The normalized spacial score (nSPS) is 10.5. The van der Waals surface area contributed by atoms with Crippen molar-refractivity contribution in [2.75, 3.05) is 5.32 Å². The van der Waals surface area contributed by atoms with E-state index in [-0.39, 0.29) is 0 Å². The van der Waals surface area contributed by atoms with E-state index in [1.807, 2.05) is 42.5 Å². The van der Waals surface area contributed by atoms with Crippen molar-refractivity contribution in [3.63, 3.8) is 0 Å². The second kappa shape index (κ2) is 7.48. The number of nitrogens with one attached hydrogen (secondary N) is 2. The molecule has 0 saturated heterocycles. The van der Waals surface area contributed by atoms with Crippen LogP contribution in [0.15, 0.2) is 53.3 Å². The molecule has 0 unspecified atom stereocenters. The van der Waals surface area contributed by atoms with Gasteiger partial charge in [-0.25, -0.2) is 10.1 Å². The fourth-order valence-corrected chi connectivity index (χ4v) is 2.71. The summed E-state index contributed by atoms with van der Waals surface area (Å²) in [6, 6.07) is 13.5. The Morgan fingerprint density at radius 2 is 2.13 bits per heavy atom. The second-order valence-electron chi connectivity index (χ2n) is 4.86. The van der Waals surface area contributed by atoms with Crippen LogP contribution < -0.4 is 10.1 Å². The fourth-order valence-electron chi connectivity index (χ4n) is 2.08. The highest BCUT2D eigenvalue weighted by Gasteiger charge is 2.06. The third kappa shape index (κ3) is 4.46. The number of halogens is 2. The number of aromatic nitrogens is 3. The molecule has 7 heteroatoms. The SMILES string of the molecule is Clc1cccc(COc2ccc(Br)cc2CNc2ncn[nH]2)c1. The molecule has 1 aromatic heterocycles. The Balaban J connectivity index is 1.70. The number of nitrogens with zero attached hydrogens (tertiary/aromatic N) is 2. The smallest absolute Gasteiger partial charge is 0.218 e. The third-order valence-corrected chi connectivity index (χ3v) is 3.90. The summed E-state index contributed by atoms with van der Waals surface area (Å²) in [6.07, 6.45) is 1.46. The standard InChI is InChI=1S/C16H14BrClN4O/c17-13-4-5-15(23-9-11-2-1-3-14(18)6-11)12(7-13)8-19-16-20-10-21-22-16/h1-7,10H,8-9H2,(H2,19,20,21,22). The van der Waals surface area contributed by atoms with E-state index in [9.17, 15) is 0 Å². The van der Waals surface area contributed by atoms with Crippen molar-refractivity contribution in [1.82, 2.24) is 15.2 Å². The van der Waals surface area contributed by atoms with Crippen LogP contribution in [-0.2, 0) is 13.2 Å². The van der Waals surface area contributed by atoms with E-state index in [1.165, 1.54) is 6.33 Å². The minimum absolute atomic E-state index is 0.456. The Morgan fingerprint density at radius 1 is 1.22 bits per heavy atom. The van der Waals surface area contributed by atoms with E-state index in [4.69, 9.17) is 16.3 Å². The van der Waals surface area contributed by atoms with E-state index in [0.29, 0.717) is 24.1 Å². The Kier molecular flexibility index (Phi) is 5.15. The zero-order valence-corrected chi connectivity index (χ0v) is 14.4. The Hall–Kier alpha value is -2.05. The predicted octanol–water partition coefficient (Wildman–Crippen LogP) is 4.41. The number of rotatable bonds is 6. The summed E-state index contributed by atoms with van der Waals surface area (Å²) >= 11 is 9.48. The molecule has 3 aromatic rings. The molecular formula is C16H14BrClN4O. The molecule has 0 radical (unpaired) electrons. The number of H-pyrrole nitrogens is 1. The molecule has 2 N–H and O–H groups in total. The summed E-state index contributed by atoms with van der Waals surface area (Å²) in [7, 11) is 0. The van der Waals surface area contributed by atoms with Gasteiger partial charge in [-0.1, -0.05) is 39.7 Å². The lowest BCUT2D eigenvalue weighted by Gasteiger charge is -2.13. The quantitative estimate of drug-likeness (QED) is 0.651. The highest BCUT2D eigenvalue weighted by molar-refractivity contribution is 9.10. The van der Waals surface area contributed by atoms with Gasteiger partial charge in [0, 0.05) is 21.6 Å². The number of anilines is 1. The van der Waals surface area contributed by atoms with Crippen molar-refractivity contribution < 1.29 is 4.74 Å². The van der Waals surface area contributed by atoms with E-state index in [2.05, 4.69) is 36.4 Å². The molecule has 118 valence electrons. The molecule has 0 bridgehead atoms. The molecule has 0 amide bonds. The summed E-state index contributed by atoms with van der Waals surface area (Å²) in [5, 5.41) is 10.4. The number of hydrogen-bond acceptors (Lipinski definition) is 4. The van der Waals surface area contributed by atoms with Crippen molar-refractivity contribution in [2.45, 2.75) is 13.2 Å². The molecule has 0 spiro atoms. The van der Waals surface area contributed by atoms with Gasteiger partial charge in [0.2, 0.25) is 5.95 Å². The molecule has 0 aliphatic rings. The summed E-state index contributed by atoms with van der Waals surface area (Å²) < 4.78 is 6.93. The lowest BCUT2D eigenvalue weighted by molar-refractivity contribution is 0.303. The van der Waals surface area contributed by atoms with E-state index in [0.717, 1.165) is 21.3 Å². The van der Waals surface area contributed by atoms with Crippen molar-refractivity contribution >= 4 is 33.5 Å². The number of aromatic amines is 1. The summed E-state index contributed by atoms with van der Waals surface area (Å²) in [5.41, 5.74) is 2.03.